The molecule has 31 heavy (non-hydrogen) atoms. The van der Waals surface area contributed by atoms with Crippen molar-refractivity contribution in [3.8, 4) is 5.75 Å². The normalized spacial score (nSPS) is 19.5. The largest absolute Gasteiger partial charge is 0.481 e. The Hall–Kier alpha value is -2.65. The molecule has 2 aromatic rings. The molecule has 2 atom stereocenters. The van der Waals surface area contributed by atoms with E-state index < -0.39 is 23.7 Å². The topological polar surface area (TPSA) is 90.1 Å². The second-order valence-corrected chi connectivity index (χ2v) is 8.75. The molecule has 0 aliphatic heterocycles. The van der Waals surface area contributed by atoms with Crippen LogP contribution in [-0.2, 0) is 5.54 Å². The quantitative estimate of drug-likeness (QED) is 0.656. The van der Waals surface area contributed by atoms with E-state index in [2.05, 4.69) is 20.4 Å². The van der Waals surface area contributed by atoms with Crippen molar-refractivity contribution >= 4 is 5.91 Å². The van der Waals surface area contributed by atoms with Gasteiger partial charge in [-0.2, -0.15) is 18.2 Å². The van der Waals surface area contributed by atoms with E-state index >= 15 is 0 Å². The van der Waals surface area contributed by atoms with Crippen molar-refractivity contribution in [1.82, 2.24) is 20.4 Å². The third-order valence-electron chi connectivity index (χ3n) is 5.71. The number of aryl methyl sites for hydroxylation is 1. The number of nitrogens with zero attached hydrogens (tertiary/aromatic N) is 3. The number of hydrogen-bond acceptors (Lipinski definition) is 6. The van der Waals surface area contributed by atoms with Gasteiger partial charge in [0.15, 0.2) is 11.9 Å². The van der Waals surface area contributed by atoms with Gasteiger partial charge >= 0.3 is 6.18 Å². The molecule has 7 nitrogen and oxygen atoms in total. The molecule has 4 rings (SSSR count). The smallest absolute Gasteiger partial charge is 0.425 e. The van der Waals surface area contributed by atoms with Crippen LogP contribution in [0, 0.1) is 12.8 Å². The summed E-state index contributed by atoms with van der Waals surface area (Å²) in [7, 11) is 0. The summed E-state index contributed by atoms with van der Waals surface area (Å²) in [5, 5.41) is 6.90. The van der Waals surface area contributed by atoms with Crippen molar-refractivity contribution in [2.45, 2.75) is 76.6 Å². The Morgan fingerprint density at radius 3 is 2.58 bits per heavy atom. The molecule has 2 heterocycles. The number of pyridine rings is 1. The molecule has 1 amide bonds. The number of amides is 1. The van der Waals surface area contributed by atoms with Crippen molar-refractivity contribution in [3.05, 3.63) is 35.2 Å². The van der Waals surface area contributed by atoms with Gasteiger partial charge in [0.1, 0.15) is 17.0 Å². The average molecular weight is 438 g/mol. The minimum Gasteiger partial charge on any atom is -0.481 e. The van der Waals surface area contributed by atoms with Gasteiger partial charge in [0, 0.05) is 24.8 Å². The van der Waals surface area contributed by atoms with Gasteiger partial charge < -0.3 is 14.6 Å². The molecular weight excluding hydrogens is 413 g/mol. The van der Waals surface area contributed by atoms with Crippen LogP contribution in [0.2, 0.25) is 0 Å². The number of aromatic nitrogens is 3. The Morgan fingerprint density at radius 2 is 2.03 bits per heavy atom. The Morgan fingerprint density at radius 1 is 1.32 bits per heavy atom. The number of halogens is 3. The fraction of sp³-hybridized carbons (Fsp3) is 0.619. The van der Waals surface area contributed by atoms with Gasteiger partial charge in [0.05, 0.1) is 0 Å². The van der Waals surface area contributed by atoms with E-state index in [0.29, 0.717) is 29.6 Å². The lowest BCUT2D eigenvalue weighted by atomic mass is 9.93. The Kier molecular flexibility index (Phi) is 5.43. The number of hydrogen-bond donors (Lipinski definition) is 1. The van der Waals surface area contributed by atoms with Crippen LogP contribution in [-0.4, -0.2) is 33.3 Å². The molecular formula is C21H25F3N4O3. The average Bonchev–Trinajstić information content (AvgIpc) is 3.61. The standard InChI is InChI=1S/C21H25F3N4O3/c1-11(21(22,23)24)30-17-8-16(25-10-15(17)14-6-7-14)18(29)27-20(3,9-13-4-5-13)19-26-12(2)31-28-19/h8,10-11,13-14H,4-7,9H2,1-3H3,(H,27,29)/t11-,20?/m0/s1. The molecule has 0 aromatic carbocycles. The molecule has 2 aliphatic carbocycles. The van der Waals surface area contributed by atoms with Crippen molar-refractivity contribution in [1.29, 1.82) is 0 Å². The summed E-state index contributed by atoms with van der Waals surface area (Å²) in [5.74, 6) is 0.824. The predicted octanol–water partition coefficient (Wildman–Crippen LogP) is 4.43. The van der Waals surface area contributed by atoms with Crippen LogP contribution >= 0.6 is 0 Å². The van der Waals surface area contributed by atoms with Crippen LogP contribution in [0.25, 0.3) is 0 Å². The number of carbonyl (C=O) groups excluding carboxylic acids is 1. The first-order chi connectivity index (χ1) is 14.5. The Balaban J connectivity index is 1.59. The highest BCUT2D eigenvalue weighted by Crippen LogP contribution is 2.45. The second-order valence-electron chi connectivity index (χ2n) is 8.75. The summed E-state index contributed by atoms with van der Waals surface area (Å²) < 4.78 is 49.4. The van der Waals surface area contributed by atoms with Crippen LogP contribution in [0.15, 0.2) is 16.8 Å². The van der Waals surface area contributed by atoms with E-state index in [1.54, 1.807) is 6.92 Å². The Bertz CT molecular complexity index is 969. The van der Waals surface area contributed by atoms with Gasteiger partial charge in [-0.1, -0.05) is 18.0 Å². The maximum atomic E-state index is 13.0. The molecule has 0 saturated heterocycles. The fourth-order valence-electron chi connectivity index (χ4n) is 3.57. The molecule has 10 heteroatoms. The lowest BCUT2D eigenvalue weighted by Crippen LogP contribution is -2.45. The van der Waals surface area contributed by atoms with Gasteiger partial charge in [-0.3, -0.25) is 9.78 Å². The number of alkyl halides is 3. The van der Waals surface area contributed by atoms with Crippen molar-refractivity contribution in [2.24, 2.45) is 5.92 Å². The molecule has 0 spiro atoms. The maximum Gasteiger partial charge on any atom is 0.425 e. The first-order valence-electron chi connectivity index (χ1n) is 10.4. The van der Waals surface area contributed by atoms with E-state index in [1.165, 1.54) is 12.3 Å². The van der Waals surface area contributed by atoms with Crippen LogP contribution in [0.4, 0.5) is 13.2 Å². The van der Waals surface area contributed by atoms with E-state index in [1.807, 2.05) is 6.92 Å². The molecule has 2 saturated carbocycles. The first kappa shape index (κ1) is 21.6. The minimum atomic E-state index is -4.51. The lowest BCUT2D eigenvalue weighted by molar-refractivity contribution is -0.189. The molecule has 168 valence electrons. The highest BCUT2D eigenvalue weighted by Gasteiger charge is 2.41. The third kappa shape index (κ3) is 4.99. The molecule has 2 aromatic heterocycles. The van der Waals surface area contributed by atoms with Crippen LogP contribution in [0.3, 0.4) is 0 Å². The summed E-state index contributed by atoms with van der Waals surface area (Å²) in [6, 6.07) is 1.30. The van der Waals surface area contributed by atoms with E-state index in [-0.39, 0.29) is 17.4 Å². The van der Waals surface area contributed by atoms with E-state index in [4.69, 9.17) is 9.26 Å². The van der Waals surface area contributed by atoms with Gasteiger partial charge in [-0.25, -0.2) is 0 Å². The van der Waals surface area contributed by atoms with Gasteiger partial charge in [-0.15, -0.1) is 0 Å². The molecule has 0 bridgehead atoms. The molecule has 2 fully saturated rings. The molecule has 1 N–H and O–H groups in total. The van der Waals surface area contributed by atoms with Crippen LogP contribution in [0.5, 0.6) is 5.75 Å². The summed E-state index contributed by atoms with van der Waals surface area (Å²) >= 11 is 0. The highest BCUT2D eigenvalue weighted by molar-refractivity contribution is 5.93. The number of nitrogens with one attached hydrogen (secondary N) is 1. The van der Waals surface area contributed by atoms with Gasteiger partial charge in [0.25, 0.3) is 5.91 Å². The zero-order valence-corrected chi connectivity index (χ0v) is 17.6. The summed E-state index contributed by atoms with van der Waals surface area (Å²) in [6.45, 7) is 4.43. The third-order valence-corrected chi connectivity index (χ3v) is 5.71. The number of carbonyl (C=O) groups is 1. The fourth-order valence-corrected chi connectivity index (χ4v) is 3.57. The van der Waals surface area contributed by atoms with E-state index in [9.17, 15) is 18.0 Å². The van der Waals surface area contributed by atoms with Gasteiger partial charge in [0.2, 0.25) is 5.89 Å². The van der Waals surface area contributed by atoms with Crippen molar-refractivity contribution in [2.75, 3.05) is 0 Å². The highest BCUT2D eigenvalue weighted by atomic mass is 19.4. The lowest BCUT2D eigenvalue weighted by Gasteiger charge is -2.27. The minimum absolute atomic E-state index is 0.0176. The Labute approximate surface area is 177 Å². The summed E-state index contributed by atoms with van der Waals surface area (Å²) in [5.41, 5.74) is -0.300. The van der Waals surface area contributed by atoms with Crippen LogP contribution < -0.4 is 10.1 Å². The summed E-state index contributed by atoms with van der Waals surface area (Å²) in [6.07, 6.45) is -0.583. The summed E-state index contributed by atoms with van der Waals surface area (Å²) in [4.78, 5) is 21.5. The predicted molar refractivity (Wildman–Crippen MR) is 104 cm³/mol. The SMILES string of the molecule is Cc1nc(C(C)(CC2CC2)NC(=O)c2cc(O[C@@H](C)C(F)(F)F)c(C3CC3)cn2)no1. The van der Waals surface area contributed by atoms with Crippen molar-refractivity contribution in [3.63, 3.8) is 0 Å². The van der Waals surface area contributed by atoms with E-state index in [0.717, 1.165) is 32.6 Å². The zero-order valence-electron chi connectivity index (χ0n) is 17.6. The zero-order chi connectivity index (χ0) is 22.4. The number of rotatable bonds is 8. The molecule has 1 unspecified atom stereocenters. The van der Waals surface area contributed by atoms with Gasteiger partial charge in [-0.05, 0) is 44.9 Å². The molecule has 0 radical (unpaired) electrons. The number of ether oxygens (including phenoxy) is 1. The van der Waals surface area contributed by atoms with Crippen molar-refractivity contribution < 1.29 is 27.2 Å². The maximum absolute atomic E-state index is 13.0. The molecule has 2 aliphatic rings. The monoisotopic (exact) mass is 438 g/mol. The second kappa shape index (κ2) is 7.80. The first-order valence-corrected chi connectivity index (χ1v) is 10.4. The van der Waals surface area contributed by atoms with Crippen LogP contribution in [0.1, 0.15) is 79.6 Å².